The summed E-state index contributed by atoms with van der Waals surface area (Å²) in [4.78, 5) is 2.62. The molecule has 0 spiro atoms. The van der Waals surface area contributed by atoms with Gasteiger partial charge in [-0.3, -0.25) is 4.90 Å². The maximum atomic E-state index is 3.83. The summed E-state index contributed by atoms with van der Waals surface area (Å²) in [7, 11) is 0. The van der Waals surface area contributed by atoms with E-state index in [-0.39, 0.29) is 0 Å². The Balaban J connectivity index is 1.72. The highest BCUT2D eigenvalue weighted by Crippen LogP contribution is 2.33. The second kappa shape index (κ2) is 4.66. The molecule has 1 atom stereocenters. The Morgan fingerprint density at radius 1 is 1.06 bits per heavy atom. The Morgan fingerprint density at radius 3 is 2.06 bits per heavy atom. The Hall–Kier alpha value is -0.0800. The Kier molecular flexibility index (Phi) is 3.60. The van der Waals surface area contributed by atoms with Gasteiger partial charge in [0.1, 0.15) is 0 Å². The highest BCUT2D eigenvalue weighted by atomic mass is 15.2. The van der Waals surface area contributed by atoms with Gasteiger partial charge in [-0.15, -0.1) is 0 Å². The molecule has 0 bridgehead atoms. The van der Waals surface area contributed by atoms with Crippen molar-refractivity contribution in [2.45, 2.75) is 71.0 Å². The lowest BCUT2D eigenvalue weighted by molar-refractivity contribution is 0.0936. The topological polar surface area (TPSA) is 15.3 Å². The summed E-state index contributed by atoms with van der Waals surface area (Å²) in [5, 5.41) is 3.83. The zero-order valence-electron chi connectivity index (χ0n) is 11.4. The molecule has 0 radical (unpaired) electrons. The number of nitrogens with one attached hydrogen (secondary N) is 1. The van der Waals surface area contributed by atoms with Crippen molar-refractivity contribution in [3.63, 3.8) is 0 Å². The zero-order valence-corrected chi connectivity index (χ0v) is 11.4. The molecule has 0 aromatic carbocycles. The third kappa shape index (κ3) is 3.21. The van der Waals surface area contributed by atoms with Crippen LogP contribution in [0.3, 0.4) is 0 Å². The van der Waals surface area contributed by atoms with E-state index in [1.54, 1.807) is 0 Å². The number of hydrogen-bond donors (Lipinski definition) is 1. The lowest BCUT2D eigenvalue weighted by atomic mass is 9.97. The van der Waals surface area contributed by atoms with Crippen LogP contribution < -0.4 is 5.32 Å². The summed E-state index contributed by atoms with van der Waals surface area (Å²) in [5.74, 6) is 0.987. The van der Waals surface area contributed by atoms with Gasteiger partial charge in [0.05, 0.1) is 0 Å². The molecule has 2 aliphatic rings. The van der Waals surface area contributed by atoms with E-state index in [9.17, 15) is 0 Å². The standard InChI is InChI=1S/C14H28N2/c1-11(12-5-6-12)15-13-7-9-16(10-8-13)14(2,3)4/h11-13,15H,5-10H2,1-4H3. The van der Waals surface area contributed by atoms with Crippen LogP contribution >= 0.6 is 0 Å². The van der Waals surface area contributed by atoms with Crippen LogP contribution in [0.2, 0.25) is 0 Å². The number of rotatable bonds is 3. The number of likely N-dealkylation sites (tertiary alicyclic amines) is 1. The summed E-state index contributed by atoms with van der Waals surface area (Å²) in [6, 6.07) is 1.53. The molecule has 1 unspecified atom stereocenters. The van der Waals surface area contributed by atoms with Crippen LogP contribution in [0.4, 0.5) is 0 Å². The lowest BCUT2D eigenvalue weighted by Gasteiger charge is -2.41. The predicted octanol–water partition coefficient (Wildman–Crippen LogP) is 2.64. The van der Waals surface area contributed by atoms with Crippen molar-refractivity contribution >= 4 is 0 Å². The van der Waals surface area contributed by atoms with Crippen molar-refractivity contribution in [2.75, 3.05) is 13.1 Å². The molecule has 1 saturated carbocycles. The van der Waals surface area contributed by atoms with Gasteiger partial charge in [-0.2, -0.15) is 0 Å². The molecule has 1 heterocycles. The monoisotopic (exact) mass is 224 g/mol. The van der Waals surface area contributed by atoms with E-state index in [1.807, 2.05) is 0 Å². The van der Waals surface area contributed by atoms with Crippen molar-refractivity contribution < 1.29 is 0 Å². The molecule has 2 nitrogen and oxygen atoms in total. The van der Waals surface area contributed by atoms with Gasteiger partial charge in [-0.1, -0.05) is 0 Å². The zero-order chi connectivity index (χ0) is 11.8. The molecule has 0 amide bonds. The highest BCUT2D eigenvalue weighted by Gasteiger charge is 2.31. The van der Waals surface area contributed by atoms with Gasteiger partial charge in [-0.25, -0.2) is 0 Å². The van der Waals surface area contributed by atoms with Gasteiger partial charge >= 0.3 is 0 Å². The number of hydrogen-bond acceptors (Lipinski definition) is 2. The van der Waals surface area contributed by atoms with Crippen molar-refractivity contribution in [1.82, 2.24) is 10.2 Å². The maximum Gasteiger partial charge on any atom is 0.0125 e. The Morgan fingerprint density at radius 2 is 1.62 bits per heavy atom. The molecule has 2 fully saturated rings. The normalized spacial score (nSPS) is 27.0. The van der Waals surface area contributed by atoms with E-state index in [0.29, 0.717) is 5.54 Å². The van der Waals surface area contributed by atoms with Gasteiger partial charge in [0.15, 0.2) is 0 Å². The van der Waals surface area contributed by atoms with Crippen LogP contribution in [0.5, 0.6) is 0 Å². The molecule has 1 N–H and O–H groups in total. The minimum Gasteiger partial charge on any atom is -0.311 e. The first-order valence-electron chi connectivity index (χ1n) is 6.98. The van der Waals surface area contributed by atoms with E-state index >= 15 is 0 Å². The average Bonchev–Trinajstić information content (AvgIpc) is 3.00. The second-order valence-corrected chi connectivity index (χ2v) is 6.72. The van der Waals surface area contributed by atoms with E-state index in [4.69, 9.17) is 0 Å². The van der Waals surface area contributed by atoms with E-state index < -0.39 is 0 Å². The van der Waals surface area contributed by atoms with Gasteiger partial charge in [0, 0.05) is 30.7 Å². The Labute approximate surface area is 101 Å². The van der Waals surface area contributed by atoms with Gasteiger partial charge in [0.25, 0.3) is 0 Å². The van der Waals surface area contributed by atoms with Crippen LogP contribution in [0.15, 0.2) is 0 Å². The first-order chi connectivity index (χ1) is 7.47. The van der Waals surface area contributed by atoms with Gasteiger partial charge < -0.3 is 5.32 Å². The Bertz CT molecular complexity index is 219. The summed E-state index contributed by atoms with van der Waals surface area (Å²) in [5.41, 5.74) is 0.354. The van der Waals surface area contributed by atoms with Gasteiger partial charge in [-0.05, 0) is 59.3 Å². The quantitative estimate of drug-likeness (QED) is 0.793. The minimum absolute atomic E-state index is 0.354. The third-order valence-electron chi connectivity index (χ3n) is 4.27. The predicted molar refractivity (Wildman–Crippen MR) is 69.7 cm³/mol. The SMILES string of the molecule is CC(NC1CCN(C(C)(C)C)CC1)C1CC1. The molecular weight excluding hydrogens is 196 g/mol. The second-order valence-electron chi connectivity index (χ2n) is 6.72. The highest BCUT2D eigenvalue weighted by molar-refractivity contribution is 4.89. The molecular formula is C14H28N2. The maximum absolute atomic E-state index is 3.83. The third-order valence-corrected chi connectivity index (χ3v) is 4.27. The molecule has 1 aliphatic heterocycles. The molecule has 16 heavy (non-hydrogen) atoms. The van der Waals surface area contributed by atoms with Crippen molar-refractivity contribution in [1.29, 1.82) is 0 Å². The largest absolute Gasteiger partial charge is 0.311 e. The summed E-state index contributed by atoms with van der Waals surface area (Å²) >= 11 is 0. The number of nitrogens with zero attached hydrogens (tertiary/aromatic N) is 1. The van der Waals surface area contributed by atoms with Crippen LogP contribution in [0.25, 0.3) is 0 Å². The van der Waals surface area contributed by atoms with Crippen LogP contribution in [-0.4, -0.2) is 35.6 Å². The molecule has 2 rings (SSSR count). The fraction of sp³-hybridized carbons (Fsp3) is 1.00. The summed E-state index contributed by atoms with van der Waals surface area (Å²) < 4.78 is 0. The molecule has 0 aromatic rings. The summed E-state index contributed by atoms with van der Waals surface area (Å²) in [6.07, 6.45) is 5.56. The molecule has 2 heteroatoms. The first kappa shape index (κ1) is 12.4. The van der Waals surface area contributed by atoms with Crippen LogP contribution in [0.1, 0.15) is 53.4 Å². The smallest absolute Gasteiger partial charge is 0.0125 e. The fourth-order valence-electron chi connectivity index (χ4n) is 2.82. The fourth-order valence-corrected chi connectivity index (χ4v) is 2.82. The van der Waals surface area contributed by atoms with Crippen LogP contribution in [0, 0.1) is 5.92 Å². The van der Waals surface area contributed by atoms with E-state index in [0.717, 1.165) is 18.0 Å². The number of piperidine rings is 1. The minimum atomic E-state index is 0.354. The van der Waals surface area contributed by atoms with E-state index in [1.165, 1.54) is 38.8 Å². The van der Waals surface area contributed by atoms with Crippen molar-refractivity contribution in [2.24, 2.45) is 5.92 Å². The molecule has 1 saturated heterocycles. The molecule has 0 aromatic heterocycles. The average molecular weight is 224 g/mol. The first-order valence-corrected chi connectivity index (χ1v) is 6.98. The van der Waals surface area contributed by atoms with Crippen molar-refractivity contribution in [3.05, 3.63) is 0 Å². The van der Waals surface area contributed by atoms with Crippen molar-refractivity contribution in [3.8, 4) is 0 Å². The van der Waals surface area contributed by atoms with E-state index in [2.05, 4.69) is 37.9 Å². The molecule has 94 valence electrons. The van der Waals surface area contributed by atoms with Gasteiger partial charge in [0.2, 0.25) is 0 Å². The summed E-state index contributed by atoms with van der Waals surface area (Å²) in [6.45, 7) is 11.9. The molecule has 1 aliphatic carbocycles. The van der Waals surface area contributed by atoms with Crippen LogP contribution in [-0.2, 0) is 0 Å². The lowest BCUT2D eigenvalue weighted by Crippen LogP contribution is -2.51.